The highest BCUT2D eigenvalue weighted by Crippen LogP contribution is 2.15. The van der Waals surface area contributed by atoms with E-state index in [9.17, 15) is 4.79 Å². The summed E-state index contributed by atoms with van der Waals surface area (Å²) in [5.41, 5.74) is 3.54. The first kappa shape index (κ1) is 20.5. The lowest BCUT2D eigenvalue weighted by atomic mass is 10.1. The lowest BCUT2D eigenvalue weighted by Crippen LogP contribution is -2.31. The molecule has 1 atom stereocenters. The van der Waals surface area contributed by atoms with Gasteiger partial charge in [-0.05, 0) is 69.5 Å². The molecule has 3 aromatic rings. The smallest absolute Gasteiger partial charge is 0.244 e. The van der Waals surface area contributed by atoms with E-state index in [1.54, 1.807) is 12.3 Å². The van der Waals surface area contributed by atoms with Gasteiger partial charge in [-0.3, -0.25) is 9.78 Å². The molecular formula is C24H27N3O2. The average molecular weight is 389 g/mol. The number of hydrogen-bond donors (Lipinski definition) is 1. The van der Waals surface area contributed by atoms with Gasteiger partial charge in [-0.15, -0.1) is 0 Å². The normalized spacial score (nSPS) is 12.4. The lowest BCUT2D eigenvalue weighted by Gasteiger charge is -2.13. The van der Waals surface area contributed by atoms with Crippen LogP contribution in [0.4, 0.5) is 0 Å². The highest BCUT2D eigenvalue weighted by atomic mass is 16.5. The van der Waals surface area contributed by atoms with Gasteiger partial charge in [0.05, 0.1) is 29.0 Å². The van der Waals surface area contributed by atoms with Crippen LogP contribution in [0.1, 0.15) is 38.4 Å². The predicted molar refractivity (Wildman–Crippen MR) is 117 cm³/mol. The van der Waals surface area contributed by atoms with E-state index < -0.39 is 0 Å². The van der Waals surface area contributed by atoms with Crippen LogP contribution in [0.5, 0.6) is 5.75 Å². The van der Waals surface area contributed by atoms with E-state index in [4.69, 9.17) is 4.74 Å². The van der Waals surface area contributed by atoms with Crippen LogP contribution >= 0.6 is 0 Å². The quantitative estimate of drug-likeness (QED) is 0.573. The highest BCUT2D eigenvalue weighted by molar-refractivity contribution is 5.91. The van der Waals surface area contributed by atoms with Crippen molar-refractivity contribution in [2.24, 2.45) is 0 Å². The summed E-state index contributed by atoms with van der Waals surface area (Å²) in [6.07, 6.45) is 6.79. The molecule has 1 N–H and O–H groups in total. The second-order valence-corrected chi connectivity index (χ2v) is 7.38. The average Bonchev–Trinajstić information content (AvgIpc) is 2.71. The fourth-order valence-electron chi connectivity index (χ4n) is 2.97. The van der Waals surface area contributed by atoms with Crippen LogP contribution in [0.15, 0.2) is 60.8 Å². The van der Waals surface area contributed by atoms with Crippen LogP contribution in [-0.4, -0.2) is 28.0 Å². The number of hydrogen-bond acceptors (Lipinski definition) is 4. The zero-order valence-corrected chi connectivity index (χ0v) is 17.1. The molecule has 29 heavy (non-hydrogen) atoms. The molecule has 0 aliphatic heterocycles. The Labute approximate surface area is 171 Å². The van der Waals surface area contributed by atoms with Crippen molar-refractivity contribution < 1.29 is 9.53 Å². The van der Waals surface area contributed by atoms with Crippen molar-refractivity contribution in [3.63, 3.8) is 0 Å². The largest absolute Gasteiger partial charge is 0.491 e. The number of ether oxygens (including phenoxy) is 1. The van der Waals surface area contributed by atoms with Gasteiger partial charge < -0.3 is 10.1 Å². The Bertz CT molecular complexity index is 981. The molecule has 0 aliphatic rings. The number of para-hydroxylation sites is 2. The zero-order chi connectivity index (χ0) is 20.6. The van der Waals surface area contributed by atoms with Gasteiger partial charge in [0.25, 0.3) is 0 Å². The van der Waals surface area contributed by atoms with Gasteiger partial charge in [0.2, 0.25) is 5.91 Å². The number of nitrogens with zero attached hydrogens (tertiary/aromatic N) is 2. The van der Waals surface area contributed by atoms with Crippen LogP contribution in [0.25, 0.3) is 17.1 Å². The van der Waals surface area contributed by atoms with Gasteiger partial charge in [-0.2, -0.15) is 0 Å². The molecular weight excluding hydrogens is 362 g/mol. The Hall–Kier alpha value is -3.21. The molecule has 5 heteroatoms. The molecule has 3 rings (SSSR count). The van der Waals surface area contributed by atoms with Crippen molar-refractivity contribution in [3.8, 4) is 5.75 Å². The summed E-state index contributed by atoms with van der Waals surface area (Å²) < 4.78 is 5.66. The maximum atomic E-state index is 12.2. The van der Waals surface area contributed by atoms with Crippen molar-refractivity contribution in [2.45, 2.75) is 45.8 Å². The maximum Gasteiger partial charge on any atom is 0.244 e. The summed E-state index contributed by atoms with van der Waals surface area (Å²) in [4.78, 5) is 21.0. The third-order valence-corrected chi connectivity index (χ3v) is 4.42. The number of aryl methyl sites for hydroxylation is 1. The maximum absolute atomic E-state index is 12.2. The molecule has 0 saturated heterocycles. The number of rotatable bonds is 8. The second-order valence-electron chi connectivity index (χ2n) is 7.38. The van der Waals surface area contributed by atoms with Gasteiger partial charge >= 0.3 is 0 Å². The van der Waals surface area contributed by atoms with E-state index in [-0.39, 0.29) is 18.1 Å². The fraction of sp³-hybridized carbons (Fsp3) is 0.292. The van der Waals surface area contributed by atoms with Crippen LogP contribution in [0.2, 0.25) is 0 Å². The molecule has 5 nitrogen and oxygen atoms in total. The first-order valence-corrected chi connectivity index (χ1v) is 9.95. The van der Waals surface area contributed by atoms with Crippen molar-refractivity contribution in [3.05, 3.63) is 72.1 Å². The van der Waals surface area contributed by atoms with E-state index in [0.717, 1.165) is 29.6 Å². The number of amides is 1. The monoisotopic (exact) mass is 389 g/mol. The van der Waals surface area contributed by atoms with Crippen LogP contribution in [-0.2, 0) is 11.2 Å². The molecule has 2 aromatic carbocycles. The molecule has 0 spiro atoms. The van der Waals surface area contributed by atoms with E-state index in [1.165, 1.54) is 11.6 Å². The molecule has 1 heterocycles. The van der Waals surface area contributed by atoms with Gasteiger partial charge in [-0.1, -0.05) is 24.3 Å². The highest BCUT2D eigenvalue weighted by Gasteiger charge is 2.06. The van der Waals surface area contributed by atoms with Crippen LogP contribution < -0.4 is 10.1 Å². The van der Waals surface area contributed by atoms with Crippen LogP contribution in [0, 0.1) is 0 Å². The fourth-order valence-corrected chi connectivity index (χ4v) is 2.97. The molecule has 1 aromatic heterocycles. The van der Waals surface area contributed by atoms with Crippen LogP contribution in [0.3, 0.4) is 0 Å². The van der Waals surface area contributed by atoms with Gasteiger partial charge in [0.1, 0.15) is 5.75 Å². The first-order valence-electron chi connectivity index (χ1n) is 9.95. The Morgan fingerprint density at radius 3 is 2.52 bits per heavy atom. The number of fused-ring (bicyclic) bond motifs is 1. The van der Waals surface area contributed by atoms with E-state index in [2.05, 4.69) is 27.4 Å². The first-order chi connectivity index (χ1) is 14.0. The molecule has 0 aliphatic carbocycles. The van der Waals surface area contributed by atoms with Gasteiger partial charge in [-0.25, -0.2) is 4.98 Å². The topological polar surface area (TPSA) is 64.1 Å². The predicted octanol–water partition coefficient (Wildman–Crippen LogP) is 4.57. The minimum Gasteiger partial charge on any atom is -0.491 e. The molecule has 0 saturated carbocycles. The summed E-state index contributed by atoms with van der Waals surface area (Å²) >= 11 is 0. The molecule has 0 fully saturated rings. The molecule has 1 unspecified atom stereocenters. The van der Waals surface area contributed by atoms with Gasteiger partial charge in [0, 0.05) is 12.1 Å². The summed E-state index contributed by atoms with van der Waals surface area (Å²) in [7, 11) is 0. The zero-order valence-electron chi connectivity index (χ0n) is 17.1. The molecule has 0 bridgehead atoms. The minimum atomic E-state index is -0.131. The molecule has 1 amide bonds. The molecule has 0 radical (unpaired) electrons. The summed E-state index contributed by atoms with van der Waals surface area (Å²) in [5, 5.41) is 3.00. The van der Waals surface area contributed by atoms with Crippen molar-refractivity contribution in [1.82, 2.24) is 15.3 Å². The Balaban J connectivity index is 1.47. The van der Waals surface area contributed by atoms with E-state index >= 15 is 0 Å². The summed E-state index contributed by atoms with van der Waals surface area (Å²) in [5.74, 6) is 0.750. The standard InChI is InChI=1S/C24H27N3O2/c1-17(2)29-21-13-10-19(11-14-21)9-8-18(3)26-24(28)15-12-20-16-25-22-6-4-5-7-23(22)27-20/h4-7,10-18H,8-9H2,1-3H3,(H,26,28)/b15-12+. The van der Waals surface area contributed by atoms with Crippen molar-refractivity contribution >= 4 is 23.0 Å². The number of carbonyl (C=O) groups excluding carboxylic acids is 1. The van der Waals surface area contributed by atoms with Gasteiger partial charge in [0.15, 0.2) is 0 Å². The minimum absolute atomic E-state index is 0.0708. The third-order valence-electron chi connectivity index (χ3n) is 4.42. The Morgan fingerprint density at radius 1 is 1.07 bits per heavy atom. The van der Waals surface area contributed by atoms with E-state index in [0.29, 0.717) is 5.69 Å². The third kappa shape index (κ3) is 6.42. The number of nitrogens with one attached hydrogen (secondary N) is 1. The Morgan fingerprint density at radius 2 is 1.79 bits per heavy atom. The van der Waals surface area contributed by atoms with Crippen molar-refractivity contribution in [2.75, 3.05) is 0 Å². The Kier molecular flexibility index (Phi) is 6.95. The number of benzene rings is 2. The lowest BCUT2D eigenvalue weighted by molar-refractivity contribution is -0.117. The number of carbonyl (C=O) groups is 1. The second kappa shape index (κ2) is 9.82. The summed E-state index contributed by atoms with van der Waals surface area (Å²) in [6, 6.07) is 15.9. The van der Waals surface area contributed by atoms with Crippen molar-refractivity contribution in [1.29, 1.82) is 0 Å². The summed E-state index contributed by atoms with van der Waals surface area (Å²) in [6.45, 7) is 6.04. The SMILES string of the molecule is CC(CCc1ccc(OC(C)C)cc1)NC(=O)/C=C/c1cnc2ccccc2n1. The number of aromatic nitrogens is 2. The van der Waals surface area contributed by atoms with E-state index in [1.807, 2.05) is 57.2 Å². The molecule has 150 valence electrons.